The summed E-state index contributed by atoms with van der Waals surface area (Å²) >= 11 is 0. The highest BCUT2D eigenvalue weighted by atomic mass is 19.1. The Morgan fingerprint density at radius 3 is 2.29 bits per heavy atom. The van der Waals surface area contributed by atoms with Gasteiger partial charge in [-0.3, -0.25) is 9.69 Å². The van der Waals surface area contributed by atoms with Crippen LogP contribution < -0.4 is 9.64 Å². The molecule has 4 nitrogen and oxygen atoms in total. The van der Waals surface area contributed by atoms with Crippen LogP contribution in [0, 0.1) is 5.82 Å². The number of ether oxygens (including phenoxy) is 1. The van der Waals surface area contributed by atoms with Crippen LogP contribution in [-0.2, 0) is 6.54 Å². The van der Waals surface area contributed by atoms with Crippen LogP contribution in [0.25, 0.3) is 0 Å². The number of piperidine rings is 1. The molecule has 1 fully saturated rings. The van der Waals surface area contributed by atoms with Crippen LogP contribution in [-0.4, -0.2) is 37.0 Å². The fourth-order valence-electron chi connectivity index (χ4n) is 4.23. The lowest BCUT2D eigenvalue weighted by atomic mass is 10.00. The molecule has 3 aromatic carbocycles. The van der Waals surface area contributed by atoms with E-state index in [0.29, 0.717) is 5.56 Å². The van der Waals surface area contributed by atoms with Gasteiger partial charge in [-0.15, -0.1) is 0 Å². The van der Waals surface area contributed by atoms with E-state index in [2.05, 4.69) is 11.0 Å². The molecule has 0 radical (unpaired) electrons. The normalized spacial score (nSPS) is 14.9. The number of carbonyl (C=O) groups excluding carboxylic acids is 1. The first-order chi connectivity index (χ1) is 15.2. The second-order valence-corrected chi connectivity index (χ2v) is 7.84. The minimum Gasteiger partial charge on any atom is -0.496 e. The van der Waals surface area contributed by atoms with Gasteiger partial charge in [0.1, 0.15) is 11.6 Å². The number of anilines is 1. The molecule has 1 amide bonds. The highest BCUT2D eigenvalue weighted by molar-refractivity contribution is 6.06. The summed E-state index contributed by atoms with van der Waals surface area (Å²) in [6.07, 6.45) is 1.70. The molecule has 0 saturated carbocycles. The summed E-state index contributed by atoms with van der Waals surface area (Å²) in [4.78, 5) is 17.6. The van der Waals surface area contributed by atoms with Crippen molar-refractivity contribution in [2.75, 3.05) is 25.1 Å². The number of benzene rings is 3. The van der Waals surface area contributed by atoms with Gasteiger partial charge in [-0.05, 0) is 55.3 Å². The van der Waals surface area contributed by atoms with Gasteiger partial charge in [0.2, 0.25) is 0 Å². The molecule has 1 aliphatic heterocycles. The zero-order valence-corrected chi connectivity index (χ0v) is 17.7. The van der Waals surface area contributed by atoms with E-state index in [1.165, 1.54) is 17.7 Å². The fourth-order valence-corrected chi connectivity index (χ4v) is 4.23. The topological polar surface area (TPSA) is 32.8 Å². The van der Waals surface area contributed by atoms with Gasteiger partial charge in [0.05, 0.1) is 7.11 Å². The largest absolute Gasteiger partial charge is 0.496 e. The Bertz CT molecular complexity index is 999. The van der Waals surface area contributed by atoms with Crippen LogP contribution in [0.1, 0.15) is 28.8 Å². The molecule has 0 aliphatic carbocycles. The lowest BCUT2D eigenvalue weighted by Gasteiger charge is -2.38. The molecule has 3 aromatic rings. The summed E-state index contributed by atoms with van der Waals surface area (Å²) in [7, 11) is 1.70. The summed E-state index contributed by atoms with van der Waals surface area (Å²) in [5.74, 6) is 0.551. The van der Waals surface area contributed by atoms with E-state index in [-0.39, 0.29) is 17.8 Å². The fraction of sp³-hybridized carbons (Fsp3) is 0.269. The Kier molecular flexibility index (Phi) is 6.63. The smallest absolute Gasteiger partial charge is 0.258 e. The Balaban J connectivity index is 1.50. The lowest BCUT2D eigenvalue weighted by Crippen LogP contribution is -2.47. The SMILES string of the molecule is COc1ccccc1CN1CCC(N(C(=O)c2ccccc2)c2ccc(F)cc2)CC1. The molecular formula is C26H27FN2O2. The molecule has 0 atom stereocenters. The van der Waals surface area contributed by atoms with Crippen LogP contribution in [0.5, 0.6) is 5.75 Å². The van der Waals surface area contributed by atoms with Crippen LogP contribution >= 0.6 is 0 Å². The maximum absolute atomic E-state index is 13.5. The van der Waals surface area contributed by atoms with Crippen LogP contribution in [0.2, 0.25) is 0 Å². The van der Waals surface area contributed by atoms with E-state index in [1.54, 1.807) is 19.2 Å². The zero-order valence-electron chi connectivity index (χ0n) is 17.7. The summed E-state index contributed by atoms with van der Waals surface area (Å²) in [6.45, 7) is 2.57. The first-order valence-corrected chi connectivity index (χ1v) is 10.6. The van der Waals surface area contributed by atoms with Gasteiger partial charge in [0.25, 0.3) is 5.91 Å². The van der Waals surface area contributed by atoms with Crippen molar-refractivity contribution in [3.05, 3.63) is 95.8 Å². The van der Waals surface area contributed by atoms with Crippen molar-refractivity contribution >= 4 is 11.6 Å². The van der Waals surface area contributed by atoms with Crippen molar-refractivity contribution in [3.63, 3.8) is 0 Å². The van der Waals surface area contributed by atoms with Gasteiger partial charge < -0.3 is 9.64 Å². The number of carbonyl (C=O) groups is 1. The standard InChI is InChI=1S/C26H27FN2O2/c1-31-25-10-6-5-9-21(25)19-28-17-15-24(16-18-28)29(23-13-11-22(27)12-14-23)26(30)20-7-3-2-4-8-20/h2-14,24H,15-19H2,1H3. The molecule has 4 rings (SSSR count). The number of rotatable bonds is 6. The van der Waals surface area contributed by atoms with Crippen molar-refractivity contribution in [2.24, 2.45) is 0 Å². The zero-order chi connectivity index (χ0) is 21.6. The van der Waals surface area contributed by atoms with Gasteiger partial charge >= 0.3 is 0 Å². The predicted octanol–water partition coefficient (Wildman–Crippen LogP) is 5.15. The molecule has 0 N–H and O–H groups in total. The quantitative estimate of drug-likeness (QED) is 0.555. The van der Waals surface area contributed by atoms with Crippen LogP contribution in [0.15, 0.2) is 78.9 Å². The monoisotopic (exact) mass is 418 g/mol. The minimum absolute atomic E-state index is 0.0459. The second kappa shape index (κ2) is 9.75. The van der Waals surface area contributed by atoms with Crippen molar-refractivity contribution in [1.82, 2.24) is 4.90 Å². The maximum atomic E-state index is 13.5. The first-order valence-electron chi connectivity index (χ1n) is 10.6. The lowest BCUT2D eigenvalue weighted by molar-refractivity contribution is 0.0958. The molecule has 1 heterocycles. The Morgan fingerprint density at radius 1 is 0.968 bits per heavy atom. The molecule has 0 unspecified atom stereocenters. The molecule has 1 saturated heterocycles. The molecular weight excluding hydrogens is 391 g/mol. The van der Waals surface area contributed by atoms with Gasteiger partial charge in [-0.25, -0.2) is 4.39 Å². The molecule has 5 heteroatoms. The highest BCUT2D eigenvalue weighted by Gasteiger charge is 2.30. The van der Waals surface area contributed by atoms with E-state index >= 15 is 0 Å². The number of para-hydroxylation sites is 1. The summed E-state index contributed by atoms with van der Waals surface area (Å²) in [6, 6.07) is 23.6. The number of likely N-dealkylation sites (tertiary alicyclic amines) is 1. The van der Waals surface area contributed by atoms with E-state index in [0.717, 1.165) is 43.9 Å². The van der Waals surface area contributed by atoms with E-state index in [1.807, 2.05) is 53.4 Å². The molecule has 0 bridgehead atoms. The van der Waals surface area contributed by atoms with E-state index < -0.39 is 0 Å². The number of hydrogen-bond donors (Lipinski definition) is 0. The van der Waals surface area contributed by atoms with Crippen molar-refractivity contribution in [2.45, 2.75) is 25.4 Å². The average Bonchev–Trinajstić information content (AvgIpc) is 2.82. The van der Waals surface area contributed by atoms with Gasteiger partial charge in [-0.2, -0.15) is 0 Å². The van der Waals surface area contributed by atoms with Gasteiger partial charge in [-0.1, -0.05) is 36.4 Å². The molecule has 0 aromatic heterocycles. The number of methoxy groups -OCH3 is 1. The van der Waals surface area contributed by atoms with Crippen LogP contribution in [0.3, 0.4) is 0 Å². The third-order valence-electron chi connectivity index (χ3n) is 5.85. The predicted molar refractivity (Wildman–Crippen MR) is 121 cm³/mol. The van der Waals surface area contributed by atoms with Crippen molar-refractivity contribution in [3.8, 4) is 5.75 Å². The summed E-state index contributed by atoms with van der Waals surface area (Å²) in [5.41, 5.74) is 2.54. The van der Waals surface area contributed by atoms with E-state index in [4.69, 9.17) is 4.74 Å². The third kappa shape index (κ3) is 4.94. The average molecular weight is 419 g/mol. The minimum atomic E-state index is -0.303. The molecule has 160 valence electrons. The number of hydrogen-bond acceptors (Lipinski definition) is 3. The Labute approximate surface area is 182 Å². The maximum Gasteiger partial charge on any atom is 0.258 e. The summed E-state index contributed by atoms with van der Waals surface area (Å²) in [5, 5.41) is 0. The first kappa shape index (κ1) is 21.1. The Hall–Kier alpha value is -3.18. The third-order valence-corrected chi connectivity index (χ3v) is 5.85. The van der Waals surface area contributed by atoms with Crippen molar-refractivity contribution in [1.29, 1.82) is 0 Å². The molecule has 0 spiro atoms. The highest BCUT2D eigenvalue weighted by Crippen LogP contribution is 2.28. The number of halogens is 1. The molecule has 1 aliphatic rings. The van der Waals surface area contributed by atoms with Gasteiger partial charge in [0, 0.05) is 42.5 Å². The number of nitrogens with zero attached hydrogens (tertiary/aromatic N) is 2. The Morgan fingerprint density at radius 2 is 1.61 bits per heavy atom. The second-order valence-electron chi connectivity index (χ2n) is 7.84. The van der Waals surface area contributed by atoms with Crippen molar-refractivity contribution < 1.29 is 13.9 Å². The van der Waals surface area contributed by atoms with E-state index in [9.17, 15) is 9.18 Å². The van der Waals surface area contributed by atoms with Crippen LogP contribution in [0.4, 0.5) is 10.1 Å². The van der Waals surface area contributed by atoms with Gasteiger partial charge in [0.15, 0.2) is 0 Å². The molecule has 31 heavy (non-hydrogen) atoms. The number of amides is 1. The summed E-state index contributed by atoms with van der Waals surface area (Å²) < 4.78 is 19.0.